The molecule has 5 N–H and O–H groups in total. The molecular weight excluding hydrogens is 346 g/mol. The Labute approximate surface area is 160 Å². The van der Waals surface area contributed by atoms with Gasteiger partial charge in [-0.2, -0.15) is 0 Å². The number of rotatable bonds is 12. The second-order valence-corrected chi connectivity index (χ2v) is 6.78. The lowest BCUT2D eigenvalue weighted by atomic mass is 10.0. The summed E-state index contributed by atoms with van der Waals surface area (Å²) in [6, 6.07) is 5.97. The van der Waals surface area contributed by atoms with E-state index in [1.54, 1.807) is 0 Å². The summed E-state index contributed by atoms with van der Waals surface area (Å²) in [4.78, 5) is 34.4. The van der Waals surface area contributed by atoms with Gasteiger partial charge in [-0.3, -0.25) is 14.4 Å². The minimum Gasteiger partial charge on any atom is -0.480 e. The third-order valence-corrected chi connectivity index (χ3v) is 4.30. The van der Waals surface area contributed by atoms with Crippen molar-refractivity contribution in [3.63, 3.8) is 0 Å². The van der Waals surface area contributed by atoms with Crippen LogP contribution in [0.2, 0.25) is 0 Å². The summed E-state index contributed by atoms with van der Waals surface area (Å²) in [7, 11) is 0. The molecule has 2 amide bonds. The molecule has 0 saturated carbocycles. The summed E-state index contributed by atoms with van der Waals surface area (Å²) in [5.74, 6) is -2.18. The van der Waals surface area contributed by atoms with Crippen LogP contribution in [0, 0.1) is 0 Å². The number of hydrogen-bond acceptors (Lipinski definition) is 4. The van der Waals surface area contributed by atoms with Crippen LogP contribution in [-0.4, -0.2) is 35.0 Å². The lowest BCUT2D eigenvalue weighted by molar-refractivity contribution is -0.141. The third-order valence-electron chi connectivity index (χ3n) is 4.30. The Morgan fingerprint density at radius 3 is 2.30 bits per heavy atom. The second kappa shape index (κ2) is 12.1. The highest BCUT2D eigenvalue weighted by molar-refractivity contribution is 5.90. The van der Waals surface area contributed by atoms with Crippen molar-refractivity contribution in [2.24, 2.45) is 5.73 Å². The van der Waals surface area contributed by atoms with Gasteiger partial charge in [-0.25, -0.2) is 0 Å². The predicted octanol–water partition coefficient (Wildman–Crippen LogP) is 1.73. The fourth-order valence-corrected chi connectivity index (χ4v) is 2.53. The third kappa shape index (κ3) is 9.19. The second-order valence-electron chi connectivity index (χ2n) is 6.78. The number of carboxylic acid groups (broad SMARTS) is 1. The van der Waals surface area contributed by atoms with Gasteiger partial charge in [0.15, 0.2) is 0 Å². The van der Waals surface area contributed by atoms with Crippen LogP contribution in [0.15, 0.2) is 24.3 Å². The molecule has 1 aromatic carbocycles. The molecule has 2 atom stereocenters. The van der Waals surface area contributed by atoms with E-state index in [-0.39, 0.29) is 12.3 Å². The number of carboxylic acids is 1. The van der Waals surface area contributed by atoms with E-state index in [2.05, 4.69) is 29.7 Å². The maximum Gasteiger partial charge on any atom is 0.325 e. The summed E-state index contributed by atoms with van der Waals surface area (Å²) < 4.78 is 0. The first-order chi connectivity index (χ1) is 12.8. The van der Waals surface area contributed by atoms with Gasteiger partial charge < -0.3 is 21.5 Å². The fourth-order valence-electron chi connectivity index (χ4n) is 2.53. The highest BCUT2D eigenvalue weighted by Crippen LogP contribution is 2.10. The van der Waals surface area contributed by atoms with Gasteiger partial charge >= 0.3 is 5.97 Å². The van der Waals surface area contributed by atoms with Crippen LogP contribution in [0.25, 0.3) is 0 Å². The van der Waals surface area contributed by atoms with Gasteiger partial charge in [-0.15, -0.1) is 0 Å². The van der Waals surface area contributed by atoms with E-state index in [0.29, 0.717) is 6.54 Å². The van der Waals surface area contributed by atoms with Crippen molar-refractivity contribution in [3.8, 4) is 0 Å². The Bertz CT molecular complexity index is 616. The van der Waals surface area contributed by atoms with Crippen LogP contribution in [0.4, 0.5) is 0 Å². The Kier molecular flexibility index (Phi) is 10.1. The van der Waals surface area contributed by atoms with Crippen LogP contribution >= 0.6 is 0 Å². The van der Waals surface area contributed by atoms with Crippen molar-refractivity contribution >= 4 is 17.8 Å². The van der Waals surface area contributed by atoms with E-state index in [1.165, 1.54) is 38.2 Å². The van der Waals surface area contributed by atoms with E-state index < -0.39 is 24.0 Å². The first-order valence-electron chi connectivity index (χ1n) is 9.46. The van der Waals surface area contributed by atoms with Crippen molar-refractivity contribution in [1.82, 2.24) is 10.6 Å². The quantitative estimate of drug-likeness (QED) is 0.413. The van der Waals surface area contributed by atoms with Crippen molar-refractivity contribution in [3.05, 3.63) is 35.4 Å². The molecule has 0 aliphatic carbocycles. The van der Waals surface area contributed by atoms with Gasteiger partial charge in [0.2, 0.25) is 11.8 Å². The van der Waals surface area contributed by atoms with E-state index >= 15 is 0 Å². The molecule has 2 unspecified atom stereocenters. The zero-order chi connectivity index (χ0) is 20.2. The topological polar surface area (TPSA) is 122 Å². The van der Waals surface area contributed by atoms with Gasteiger partial charge in [0.1, 0.15) is 6.04 Å². The number of carbonyl (C=O) groups is 3. The van der Waals surface area contributed by atoms with Crippen LogP contribution in [0.3, 0.4) is 0 Å². The molecule has 0 aliphatic heterocycles. The number of carbonyl (C=O) groups excluding carboxylic acids is 2. The normalized spacial score (nSPS) is 12.9. The highest BCUT2D eigenvalue weighted by Gasteiger charge is 2.21. The van der Waals surface area contributed by atoms with Gasteiger partial charge in [-0.05, 0) is 30.9 Å². The lowest BCUT2D eigenvalue weighted by Crippen LogP contribution is -2.48. The number of nitrogens with one attached hydrogen (secondary N) is 2. The van der Waals surface area contributed by atoms with E-state index in [9.17, 15) is 14.4 Å². The van der Waals surface area contributed by atoms with Crippen molar-refractivity contribution in [2.75, 3.05) is 0 Å². The molecule has 1 rings (SSSR count). The number of hydrogen-bond donors (Lipinski definition) is 4. The first kappa shape index (κ1) is 22.6. The molecule has 0 saturated heterocycles. The van der Waals surface area contributed by atoms with Crippen LogP contribution in [0.1, 0.15) is 57.1 Å². The Hall–Kier alpha value is -2.41. The molecule has 0 radical (unpaired) electrons. The Morgan fingerprint density at radius 1 is 1.07 bits per heavy atom. The highest BCUT2D eigenvalue weighted by atomic mass is 16.4. The molecule has 0 bridgehead atoms. The van der Waals surface area contributed by atoms with E-state index in [4.69, 9.17) is 10.8 Å². The predicted molar refractivity (Wildman–Crippen MR) is 104 cm³/mol. The van der Waals surface area contributed by atoms with Gasteiger partial charge in [0, 0.05) is 6.54 Å². The maximum atomic E-state index is 11.9. The molecule has 27 heavy (non-hydrogen) atoms. The molecule has 0 aliphatic rings. The number of aryl methyl sites for hydroxylation is 1. The number of aliphatic carboxylic acids is 1. The smallest absolute Gasteiger partial charge is 0.325 e. The standard InChI is InChI=1S/C20H31N3O4/c1-3-4-5-6-7-15-8-10-16(11-9-15)13-22-18(24)12-17(21)19(25)23-14(2)20(26)27/h8-11,14,17H,3-7,12-13,21H2,1-2H3,(H,22,24)(H,23,25)(H,26,27). The summed E-state index contributed by atoms with van der Waals surface area (Å²) in [6.45, 7) is 3.88. The van der Waals surface area contributed by atoms with Crippen LogP contribution in [-0.2, 0) is 27.3 Å². The number of amides is 2. The van der Waals surface area contributed by atoms with Gasteiger partial charge in [-0.1, -0.05) is 50.5 Å². The van der Waals surface area contributed by atoms with E-state index in [1.807, 2.05) is 12.1 Å². The summed E-state index contributed by atoms with van der Waals surface area (Å²) >= 11 is 0. The molecule has 7 heteroatoms. The van der Waals surface area contributed by atoms with Crippen molar-refractivity contribution < 1.29 is 19.5 Å². The first-order valence-corrected chi connectivity index (χ1v) is 9.46. The molecular formula is C20H31N3O4. The monoisotopic (exact) mass is 377 g/mol. The molecule has 1 aromatic rings. The summed E-state index contributed by atoms with van der Waals surface area (Å²) in [5.41, 5.74) is 7.91. The Balaban J connectivity index is 2.34. The number of nitrogens with two attached hydrogens (primary N) is 1. The summed E-state index contributed by atoms with van der Waals surface area (Å²) in [6.07, 6.45) is 5.78. The zero-order valence-electron chi connectivity index (χ0n) is 16.2. The fraction of sp³-hybridized carbons (Fsp3) is 0.550. The minimum absolute atomic E-state index is 0.201. The van der Waals surface area contributed by atoms with Crippen LogP contribution < -0.4 is 16.4 Å². The average Bonchev–Trinajstić information content (AvgIpc) is 2.64. The van der Waals surface area contributed by atoms with Gasteiger partial charge in [0.05, 0.1) is 12.5 Å². The molecule has 0 spiro atoms. The largest absolute Gasteiger partial charge is 0.480 e. The van der Waals surface area contributed by atoms with E-state index in [0.717, 1.165) is 12.0 Å². The van der Waals surface area contributed by atoms with Crippen molar-refractivity contribution in [1.29, 1.82) is 0 Å². The average molecular weight is 377 g/mol. The Morgan fingerprint density at radius 2 is 1.70 bits per heavy atom. The molecule has 7 nitrogen and oxygen atoms in total. The molecule has 150 valence electrons. The van der Waals surface area contributed by atoms with Gasteiger partial charge in [0.25, 0.3) is 0 Å². The maximum absolute atomic E-state index is 11.9. The molecule has 0 fully saturated rings. The molecule has 0 aromatic heterocycles. The lowest BCUT2D eigenvalue weighted by Gasteiger charge is -2.14. The number of benzene rings is 1. The molecule has 0 heterocycles. The van der Waals surface area contributed by atoms with Crippen molar-refractivity contribution in [2.45, 2.75) is 71.0 Å². The SMILES string of the molecule is CCCCCCc1ccc(CNC(=O)CC(N)C(=O)NC(C)C(=O)O)cc1. The minimum atomic E-state index is -1.16. The number of unbranched alkanes of at least 4 members (excludes halogenated alkanes) is 3. The summed E-state index contributed by atoms with van der Waals surface area (Å²) in [5, 5.41) is 13.7. The van der Waals surface area contributed by atoms with Crippen LogP contribution in [0.5, 0.6) is 0 Å². The zero-order valence-corrected chi connectivity index (χ0v) is 16.2.